The molecule has 0 bridgehead atoms. The zero-order chi connectivity index (χ0) is 16.7. The summed E-state index contributed by atoms with van der Waals surface area (Å²) in [5.74, 6) is 0.975. The van der Waals surface area contributed by atoms with Crippen LogP contribution in [0, 0.1) is 11.7 Å². The number of benzene rings is 1. The highest BCUT2D eigenvalue weighted by atomic mass is 127. The number of halogens is 2. The van der Waals surface area contributed by atoms with Crippen molar-refractivity contribution < 1.29 is 14.2 Å². The Hall–Kier alpha value is -0.930. The van der Waals surface area contributed by atoms with Crippen LogP contribution in [0.3, 0.4) is 0 Å². The molecule has 0 saturated carbocycles. The molecule has 1 aliphatic heterocycles. The van der Waals surface area contributed by atoms with Gasteiger partial charge in [-0.15, -0.1) is 24.0 Å². The molecule has 1 saturated heterocycles. The maximum atomic E-state index is 12.9. The van der Waals surface area contributed by atoms with E-state index in [1.807, 2.05) is 14.0 Å². The summed E-state index contributed by atoms with van der Waals surface area (Å²) in [4.78, 5) is 6.57. The van der Waals surface area contributed by atoms with Gasteiger partial charge in [-0.1, -0.05) is 12.1 Å². The summed E-state index contributed by atoms with van der Waals surface area (Å²) >= 11 is 0. The molecule has 0 spiro atoms. The number of aliphatic hydroxyl groups is 1. The Bertz CT molecular complexity index is 507. The molecule has 0 amide bonds. The minimum absolute atomic E-state index is 0. The molecule has 2 N–H and O–H groups in total. The van der Waals surface area contributed by atoms with Gasteiger partial charge in [-0.3, -0.25) is 4.99 Å². The van der Waals surface area contributed by atoms with E-state index in [2.05, 4.69) is 15.2 Å². The van der Waals surface area contributed by atoms with E-state index in [-0.39, 0.29) is 36.3 Å². The van der Waals surface area contributed by atoms with Crippen LogP contribution in [-0.4, -0.2) is 55.9 Å². The third-order valence-electron chi connectivity index (χ3n) is 3.92. The molecule has 1 heterocycles. The van der Waals surface area contributed by atoms with Gasteiger partial charge in [0.25, 0.3) is 0 Å². The number of rotatable bonds is 6. The third-order valence-corrected chi connectivity index (χ3v) is 3.92. The zero-order valence-electron chi connectivity index (χ0n) is 14.2. The number of aliphatic hydroxyl groups excluding tert-OH is 1. The molecule has 2 rings (SSSR count). The van der Waals surface area contributed by atoms with Crippen molar-refractivity contribution in [2.24, 2.45) is 10.9 Å². The number of nitrogens with zero attached hydrogens (tertiary/aromatic N) is 2. The summed E-state index contributed by atoms with van der Waals surface area (Å²) in [6, 6.07) is 5.86. The van der Waals surface area contributed by atoms with E-state index in [0.717, 1.165) is 38.7 Å². The van der Waals surface area contributed by atoms with Crippen LogP contribution in [0.15, 0.2) is 29.3 Å². The molecule has 136 valence electrons. The first-order valence-corrected chi connectivity index (χ1v) is 8.11. The number of guanidine groups is 1. The first-order chi connectivity index (χ1) is 11.1. The molecule has 1 aliphatic rings. The highest BCUT2D eigenvalue weighted by Crippen LogP contribution is 2.15. The van der Waals surface area contributed by atoms with E-state index in [9.17, 15) is 9.50 Å². The Morgan fingerprint density at radius 3 is 2.75 bits per heavy atom. The molecule has 1 fully saturated rings. The molecule has 0 aromatic heterocycles. The van der Waals surface area contributed by atoms with E-state index in [0.29, 0.717) is 11.5 Å². The van der Waals surface area contributed by atoms with Crippen LogP contribution in [0.1, 0.15) is 25.0 Å². The normalized spacial score (nSPS) is 18.8. The molecule has 5 nitrogen and oxygen atoms in total. The summed E-state index contributed by atoms with van der Waals surface area (Å²) in [6.45, 7) is 5.50. The van der Waals surface area contributed by atoms with Crippen LogP contribution in [0.5, 0.6) is 0 Å². The van der Waals surface area contributed by atoms with Crippen LogP contribution in [-0.2, 0) is 4.74 Å². The number of hydrogen-bond donors (Lipinski definition) is 2. The van der Waals surface area contributed by atoms with Gasteiger partial charge in [0.1, 0.15) is 5.82 Å². The topological polar surface area (TPSA) is 57.1 Å². The van der Waals surface area contributed by atoms with Crippen molar-refractivity contribution in [1.82, 2.24) is 10.2 Å². The minimum atomic E-state index is -0.743. The van der Waals surface area contributed by atoms with Crippen LogP contribution in [0.25, 0.3) is 0 Å². The van der Waals surface area contributed by atoms with Gasteiger partial charge in [0.05, 0.1) is 19.3 Å². The zero-order valence-corrected chi connectivity index (χ0v) is 16.6. The molecule has 1 aromatic carbocycles. The van der Waals surface area contributed by atoms with Crippen molar-refractivity contribution in [3.8, 4) is 0 Å². The van der Waals surface area contributed by atoms with E-state index in [1.54, 1.807) is 12.1 Å². The lowest BCUT2D eigenvalue weighted by molar-refractivity contribution is 0.180. The summed E-state index contributed by atoms with van der Waals surface area (Å²) in [5.41, 5.74) is 0.665. The Kier molecular flexibility index (Phi) is 9.53. The van der Waals surface area contributed by atoms with E-state index < -0.39 is 6.10 Å². The van der Waals surface area contributed by atoms with Gasteiger partial charge in [0.15, 0.2) is 5.96 Å². The molecule has 0 radical (unpaired) electrons. The van der Waals surface area contributed by atoms with Crippen LogP contribution < -0.4 is 5.32 Å². The Morgan fingerprint density at radius 1 is 1.46 bits per heavy atom. The number of hydrogen-bond acceptors (Lipinski definition) is 3. The van der Waals surface area contributed by atoms with E-state index >= 15 is 0 Å². The molecule has 0 aliphatic carbocycles. The molecule has 2 atom stereocenters. The monoisotopic (exact) mass is 451 g/mol. The highest BCUT2D eigenvalue weighted by Gasteiger charge is 2.19. The van der Waals surface area contributed by atoms with Crippen molar-refractivity contribution in [1.29, 1.82) is 0 Å². The lowest BCUT2D eigenvalue weighted by atomic mass is 10.1. The molecule has 24 heavy (non-hydrogen) atoms. The van der Waals surface area contributed by atoms with E-state index in [4.69, 9.17) is 4.74 Å². The van der Waals surface area contributed by atoms with Gasteiger partial charge in [-0.05, 0) is 31.0 Å². The van der Waals surface area contributed by atoms with Crippen molar-refractivity contribution in [3.63, 3.8) is 0 Å². The molecule has 2 unspecified atom stereocenters. The maximum Gasteiger partial charge on any atom is 0.193 e. The summed E-state index contributed by atoms with van der Waals surface area (Å²) in [6.07, 6.45) is 0.328. The third kappa shape index (κ3) is 6.52. The SMILES string of the molecule is CCNC(=NCC(O)c1ccc(F)cc1)N(C)CC1CCOC1.I. The van der Waals surface area contributed by atoms with Crippen LogP contribution in [0.4, 0.5) is 4.39 Å². The Labute approximate surface area is 160 Å². The fourth-order valence-corrected chi connectivity index (χ4v) is 2.63. The smallest absolute Gasteiger partial charge is 0.193 e. The molecule has 7 heteroatoms. The second-order valence-electron chi connectivity index (χ2n) is 5.87. The summed E-state index contributed by atoms with van der Waals surface area (Å²) in [5, 5.41) is 13.4. The molecule has 1 aromatic rings. The van der Waals surface area contributed by atoms with Gasteiger partial charge in [-0.25, -0.2) is 4.39 Å². The summed E-state index contributed by atoms with van der Waals surface area (Å²) < 4.78 is 18.3. The van der Waals surface area contributed by atoms with Crippen molar-refractivity contribution in [2.45, 2.75) is 19.4 Å². The summed E-state index contributed by atoms with van der Waals surface area (Å²) in [7, 11) is 1.99. The van der Waals surface area contributed by atoms with Crippen molar-refractivity contribution in [2.75, 3.05) is 39.9 Å². The van der Waals surface area contributed by atoms with Gasteiger partial charge in [0.2, 0.25) is 0 Å². The predicted molar refractivity (Wildman–Crippen MR) is 104 cm³/mol. The van der Waals surface area contributed by atoms with Crippen LogP contribution in [0.2, 0.25) is 0 Å². The average molecular weight is 451 g/mol. The number of ether oxygens (including phenoxy) is 1. The lowest BCUT2D eigenvalue weighted by Crippen LogP contribution is -2.41. The first-order valence-electron chi connectivity index (χ1n) is 8.11. The maximum absolute atomic E-state index is 12.9. The predicted octanol–water partition coefficient (Wildman–Crippen LogP) is 2.41. The highest BCUT2D eigenvalue weighted by molar-refractivity contribution is 14.0. The lowest BCUT2D eigenvalue weighted by Gasteiger charge is -2.25. The van der Waals surface area contributed by atoms with Gasteiger partial charge >= 0.3 is 0 Å². The largest absolute Gasteiger partial charge is 0.386 e. The standard InChI is InChI=1S/C17H26FN3O2.HI/c1-3-19-17(21(2)11-13-8-9-23-12-13)20-10-16(22)14-4-6-15(18)7-5-14;/h4-7,13,16,22H,3,8-12H2,1-2H3,(H,19,20);1H. The van der Waals surface area contributed by atoms with Gasteiger partial charge in [-0.2, -0.15) is 0 Å². The fourth-order valence-electron chi connectivity index (χ4n) is 2.63. The number of nitrogens with one attached hydrogen (secondary N) is 1. The van der Waals surface area contributed by atoms with Gasteiger partial charge in [0, 0.05) is 32.7 Å². The molecular weight excluding hydrogens is 424 g/mol. The minimum Gasteiger partial charge on any atom is -0.386 e. The second kappa shape index (κ2) is 10.8. The van der Waals surface area contributed by atoms with Crippen molar-refractivity contribution in [3.05, 3.63) is 35.6 Å². The van der Waals surface area contributed by atoms with Crippen LogP contribution >= 0.6 is 24.0 Å². The quantitative estimate of drug-likeness (QED) is 0.397. The van der Waals surface area contributed by atoms with E-state index in [1.165, 1.54) is 12.1 Å². The Balaban J connectivity index is 0.00000288. The fraction of sp³-hybridized carbons (Fsp3) is 0.588. The second-order valence-corrected chi connectivity index (χ2v) is 5.87. The Morgan fingerprint density at radius 2 is 2.17 bits per heavy atom. The van der Waals surface area contributed by atoms with Gasteiger partial charge < -0.3 is 20.1 Å². The average Bonchev–Trinajstić information content (AvgIpc) is 3.04. The molecular formula is C17H27FIN3O2. The first kappa shape index (κ1) is 21.1. The number of aliphatic imine (C=N–C) groups is 1. The van der Waals surface area contributed by atoms with Crippen molar-refractivity contribution >= 4 is 29.9 Å².